The van der Waals surface area contributed by atoms with Gasteiger partial charge in [0, 0.05) is 24.8 Å². The van der Waals surface area contributed by atoms with E-state index in [1.807, 2.05) is 13.8 Å². The molecule has 0 saturated carbocycles. The van der Waals surface area contributed by atoms with Gasteiger partial charge in [-0.15, -0.1) is 0 Å². The number of imidazole rings is 2. The van der Waals surface area contributed by atoms with Crippen LogP contribution < -0.4 is 11.1 Å². The van der Waals surface area contributed by atoms with Gasteiger partial charge in [0.05, 0.1) is 12.4 Å². The van der Waals surface area contributed by atoms with E-state index in [0.717, 1.165) is 11.6 Å². The van der Waals surface area contributed by atoms with Gasteiger partial charge in [-0.3, -0.25) is 18.4 Å². The van der Waals surface area contributed by atoms with E-state index in [9.17, 15) is 9.59 Å². The molecule has 4 rings (SSSR count). The third-order valence-electron chi connectivity index (χ3n) is 3.31. The highest BCUT2D eigenvalue weighted by molar-refractivity contribution is 5.43. The maximum absolute atomic E-state index is 11.1. The molecular weight excluding hydrogens is 284 g/mol. The fourth-order valence-electron chi connectivity index (χ4n) is 2.14. The van der Waals surface area contributed by atoms with Crippen LogP contribution >= 0.6 is 0 Å². The fourth-order valence-corrected chi connectivity index (χ4v) is 2.14. The first-order valence-electron chi connectivity index (χ1n) is 6.60. The second-order valence-corrected chi connectivity index (χ2v) is 4.70. The molecule has 0 atom stereocenters. The standard InChI is InChI=1S/2C7H7N3O/c2*1-5-9-4-6-7(11)8-2-3-10(5)6/h2*2-4H,1H3,(H,8,11). The van der Waals surface area contributed by atoms with E-state index in [2.05, 4.69) is 19.9 Å². The molecule has 0 saturated heterocycles. The molecule has 0 spiro atoms. The van der Waals surface area contributed by atoms with Gasteiger partial charge in [-0.2, -0.15) is 0 Å². The highest BCUT2D eigenvalue weighted by atomic mass is 16.1. The van der Waals surface area contributed by atoms with E-state index in [4.69, 9.17) is 0 Å². The highest BCUT2D eigenvalue weighted by Gasteiger charge is 2.00. The first-order chi connectivity index (χ1) is 10.6. The minimum atomic E-state index is -0.104. The summed E-state index contributed by atoms with van der Waals surface area (Å²) in [6.45, 7) is 3.71. The van der Waals surface area contributed by atoms with Crippen LogP contribution in [0, 0.1) is 13.8 Å². The van der Waals surface area contributed by atoms with E-state index in [0.29, 0.717) is 11.0 Å². The molecule has 0 aliphatic rings. The zero-order valence-corrected chi connectivity index (χ0v) is 12.1. The van der Waals surface area contributed by atoms with Gasteiger partial charge in [-0.05, 0) is 13.8 Å². The molecule has 4 aromatic rings. The summed E-state index contributed by atoms with van der Waals surface area (Å²) in [5.74, 6) is 1.65. The smallest absolute Gasteiger partial charge is 0.273 e. The van der Waals surface area contributed by atoms with Crippen molar-refractivity contribution in [3.63, 3.8) is 0 Å². The Balaban J connectivity index is 0.000000131. The van der Waals surface area contributed by atoms with Gasteiger partial charge < -0.3 is 9.97 Å². The first kappa shape index (κ1) is 13.8. The lowest BCUT2D eigenvalue weighted by Gasteiger charge is -1.91. The van der Waals surface area contributed by atoms with E-state index in [-0.39, 0.29) is 11.1 Å². The Morgan fingerprint density at radius 3 is 1.59 bits per heavy atom. The van der Waals surface area contributed by atoms with Gasteiger partial charge >= 0.3 is 0 Å². The average Bonchev–Trinajstić information content (AvgIpc) is 3.07. The number of nitrogens with zero attached hydrogens (tertiary/aromatic N) is 4. The fraction of sp³-hybridized carbons (Fsp3) is 0.143. The van der Waals surface area contributed by atoms with Gasteiger partial charge in [0.1, 0.15) is 22.7 Å². The second kappa shape index (κ2) is 5.32. The van der Waals surface area contributed by atoms with Crippen molar-refractivity contribution in [3.8, 4) is 0 Å². The molecule has 0 unspecified atom stereocenters. The first-order valence-corrected chi connectivity index (χ1v) is 6.60. The third kappa shape index (κ3) is 2.30. The van der Waals surface area contributed by atoms with Crippen LogP contribution in [0.25, 0.3) is 11.0 Å². The summed E-state index contributed by atoms with van der Waals surface area (Å²) in [5, 5.41) is 0. The number of hydrogen-bond acceptors (Lipinski definition) is 4. The van der Waals surface area contributed by atoms with Crippen molar-refractivity contribution in [3.05, 3.63) is 69.5 Å². The molecule has 0 aliphatic carbocycles. The molecule has 8 nitrogen and oxygen atoms in total. The monoisotopic (exact) mass is 298 g/mol. The van der Waals surface area contributed by atoms with E-state index in [1.165, 1.54) is 0 Å². The molecule has 8 heteroatoms. The molecule has 4 heterocycles. The predicted octanol–water partition coefficient (Wildman–Crippen LogP) is 0.662. The Bertz CT molecular complexity index is 966. The Hall–Kier alpha value is -3.16. The summed E-state index contributed by atoms with van der Waals surface area (Å²) in [5.41, 5.74) is 0.969. The van der Waals surface area contributed by atoms with Crippen LogP contribution in [0.2, 0.25) is 0 Å². The van der Waals surface area contributed by atoms with Gasteiger partial charge in [0.15, 0.2) is 0 Å². The zero-order valence-electron chi connectivity index (χ0n) is 12.1. The molecule has 0 aromatic carbocycles. The van der Waals surface area contributed by atoms with Crippen molar-refractivity contribution < 1.29 is 0 Å². The van der Waals surface area contributed by atoms with Crippen molar-refractivity contribution in [2.45, 2.75) is 13.8 Å². The lowest BCUT2D eigenvalue weighted by molar-refractivity contribution is 1.02. The summed E-state index contributed by atoms with van der Waals surface area (Å²) < 4.78 is 3.50. The molecule has 0 bridgehead atoms. The summed E-state index contributed by atoms with van der Waals surface area (Å²) in [6.07, 6.45) is 9.88. The molecular formula is C14H14N6O2. The largest absolute Gasteiger partial charge is 0.326 e. The van der Waals surface area contributed by atoms with Crippen molar-refractivity contribution >= 4 is 11.0 Å². The van der Waals surface area contributed by atoms with E-state index < -0.39 is 0 Å². The lowest BCUT2D eigenvalue weighted by atomic mass is 10.5. The minimum absolute atomic E-state index is 0.104. The molecule has 22 heavy (non-hydrogen) atoms. The van der Waals surface area contributed by atoms with Crippen LogP contribution in [-0.4, -0.2) is 28.7 Å². The molecule has 0 amide bonds. The second-order valence-electron chi connectivity index (χ2n) is 4.70. The zero-order chi connectivity index (χ0) is 15.7. The van der Waals surface area contributed by atoms with Crippen molar-refractivity contribution in [1.29, 1.82) is 0 Å². The maximum atomic E-state index is 11.1. The van der Waals surface area contributed by atoms with Gasteiger partial charge in [0.25, 0.3) is 11.1 Å². The van der Waals surface area contributed by atoms with Gasteiger partial charge in [-0.25, -0.2) is 9.97 Å². The van der Waals surface area contributed by atoms with E-state index >= 15 is 0 Å². The molecule has 0 fully saturated rings. The third-order valence-corrected chi connectivity index (χ3v) is 3.31. The lowest BCUT2D eigenvalue weighted by Crippen LogP contribution is -2.07. The average molecular weight is 298 g/mol. The summed E-state index contributed by atoms with van der Waals surface area (Å²) in [7, 11) is 0. The number of nitrogens with one attached hydrogen (secondary N) is 2. The minimum Gasteiger partial charge on any atom is -0.326 e. The van der Waals surface area contributed by atoms with Crippen molar-refractivity contribution in [2.75, 3.05) is 0 Å². The molecule has 112 valence electrons. The van der Waals surface area contributed by atoms with Gasteiger partial charge in [0.2, 0.25) is 0 Å². The summed E-state index contributed by atoms with van der Waals surface area (Å²) in [4.78, 5) is 35.3. The topological polar surface area (TPSA) is 100 Å². The number of H-pyrrole nitrogens is 2. The van der Waals surface area contributed by atoms with Crippen LogP contribution in [0.1, 0.15) is 11.6 Å². The van der Waals surface area contributed by atoms with Crippen LogP contribution in [0.15, 0.2) is 46.8 Å². The van der Waals surface area contributed by atoms with Gasteiger partial charge in [-0.1, -0.05) is 0 Å². The summed E-state index contributed by atoms with van der Waals surface area (Å²) in [6, 6.07) is 0. The number of aromatic nitrogens is 6. The quantitative estimate of drug-likeness (QED) is 0.498. The normalized spacial score (nSPS) is 10.6. The molecule has 0 radical (unpaired) electrons. The predicted molar refractivity (Wildman–Crippen MR) is 81.1 cm³/mol. The molecule has 4 aromatic heterocycles. The Morgan fingerprint density at radius 1 is 0.818 bits per heavy atom. The maximum Gasteiger partial charge on any atom is 0.273 e. The number of aryl methyl sites for hydroxylation is 2. The molecule has 0 aliphatic heterocycles. The number of rotatable bonds is 0. The molecule has 2 N–H and O–H groups in total. The van der Waals surface area contributed by atoms with Crippen LogP contribution in [0.4, 0.5) is 0 Å². The van der Waals surface area contributed by atoms with Crippen molar-refractivity contribution in [1.82, 2.24) is 28.7 Å². The SMILES string of the molecule is Cc1ncc2c(=O)[nH]ccn12.Cc1ncc2c(=O)[nH]ccn12. The highest BCUT2D eigenvalue weighted by Crippen LogP contribution is 1.98. The van der Waals surface area contributed by atoms with E-state index in [1.54, 1.807) is 46.0 Å². The Labute approximate surface area is 124 Å². The van der Waals surface area contributed by atoms with Crippen LogP contribution in [-0.2, 0) is 0 Å². The number of aromatic amines is 2. The Morgan fingerprint density at radius 2 is 1.23 bits per heavy atom. The number of hydrogen-bond donors (Lipinski definition) is 2. The summed E-state index contributed by atoms with van der Waals surface area (Å²) >= 11 is 0. The Kier molecular flexibility index (Phi) is 3.34. The number of fused-ring (bicyclic) bond motifs is 2. The van der Waals surface area contributed by atoms with Crippen LogP contribution in [0.3, 0.4) is 0 Å². The van der Waals surface area contributed by atoms with Crippen LogP contribution in [0.5, 0.6) is 0 Å². The van der Waals surface area contributed by atoms with Crippen molar-refractivity contribution in [2.24, 2.45) is 0 Å².